The van der Waals surface area contributed by atoms with Crippen LogP contribution in [-0.4, -0.2) is 14.8 Å². The molecule has 0 radical (unpaired) electrons. The zero-order valence-electron chi connectivity index (χ0n) is 53.0. The van der Waals surface area contributed by atoms with Crippen LogP contribution in [-0.2, 0) is 5.41 Å². The number of rotatable bonds is 15. The highest BCUT2D eigenvalue weighted by molar-refractivity contribution is 7.20. The molecule has 2 aliphatic heterocycles. The van der Waals surface area contributed by atoms with Gasteiger partial charge in [0, 0.05) is 50.9 Å². The second-order valence-electron chi connectivity index (χ2n) is 25.0. The van der Waals surface area contributed by atoms with Crippen molar-refractivity contribution in [3.63, 3.8) is 0 Å². The summed E-state index contributed by atoms with van der Waals surface area (Å²) in [5.74, 6) is 0. The quantitative estimate of drug-likeness (QED) is 0.0748. The number of hydrogen-bond donors (Lipinski definition) is 0. The van der Waals surface area contributed by atoms with Crippen LogP contribution in [0.3, 0.4) is 0 Å². The minimum absolute atomic E-state index is 0.166. The summed E-state index contributed by atoms with van der Waals surface area (Å²) < 4.78 is 0. The monoisotopic (exact) mass is 1240 g/mol. The molecule has 0 N–H and O–H groups in total. The van der Waals surface area contributed by atoms with E-state index in [4.69, 9.17) is 0 Å². The van der Waals surface area contributed by atoms with Crippen molar-refractivity contribution in [2.24, 2.45) is 0 Å². The highest BCUT2D eigenvalue weighted by Gasteiger charge is 2.48. The predicted molar refractivity (Wildman–Crippen MR) is 408 cm³/mol. The Hall–Kier alpha value is -12.0. The van der Waals surface area contributed by atoms with Gasteiger partial charge in [-0.15, -0.1) is 0 Å². The van der Waals surface area contributed by atoms with Gasteiger partial charge in [-0.25, -0.2) is 0 Å². The summed E-state index contributed by atoms with van der Waals surface area (Å²) in [6.45, 7) is -0.166. The molecule has 0 saturated carbocycles. The number of benzene rings is 15. The van der Waals surface area contributed by atoms with Gasteiger partial charge in [0.1, 0.15) is 0 Å². The highest BCUT2D eigenvalue weighted by Crippen LogP contribution is 2.53. The van der Waals surface area contributed by atoms with Crippen LogP contribution in [0.15, 0.2) is 400 Å². The first-order valence-electron chi connectivity index (χ1n) is 33.3. The molecule has 0 aliphatic carbocycles. The standard InChI is InChI=1S/C91H66BN3Si/c1-11-36-67(37-12-1)81-56-35-57-82(68-38-13-2-14-39-68)90(81)95-86-61-34-32-59-84(86)92-83-58-31-33-60-85(83)94(87-65-76(66-88(95)89(87)92)93(73-46-21-6-22-47-73)74-48-23-7-24-49-74)75-62-72(91(69-40-15-3-16-41-69,70-42-17-4-18-43-70)71-44-19-5-20-45-71)63-80(64-75)96(77-50-25-8-26-51-77,78-52-27-9-28-53-78)79-54-29-10-30-55-79/h1-66H. The molecule has 96 heavy (non-hydrogen) atoms. The normalized spacial score (nSPS) is 12.3. The van der Waals surface area contributed by atoms with E-state index < -0.39 is 13.5 Å². The number of para-hydroxylation sites is 5. The fraction of sp³-hybridized carbons (Fsp3) is 0.0110. The first-order chi connectivity index (χ1) is 47.7. The van der Waals surface area contributed by atoms with Crippen LogP contribution in [0.1, 0.15) is 22.3 Å². The zero-order chi connectivity index (χ0) is 63.8. The lowest BCUT2D eigenvalue weighted by Gasteiger charge is -2.46. The number of nitrogens with zero attached hydrogens (tertiary/aromatic N) is 3. The molecule has 15 aromatic rings. The molecule has 3 nitrogen and oxygen atoms in total. The molecule has 0 spiro atoms. The smallest absolute Gasteiger partial charge is 0.252 e. The van der Waals surface area contributed by atoms with Gasteiger partial charge in [-0.1, -0.05) is 340 Å². The van der Waals surface area contributed by atoms with Gasteiger partial charge in [-0.05, 0) is 131 Å². The van der Waals surface area contributed by atoms with Crippen LogP contribution in [0.4, 0.5) is 51.2 Å². The summed E-state index contributed by atoms with van der Waals surface area (Å²) in [6, 6.07) is 150. The first kappa shape index (κ1) is 57.9. The van der Waals surface area contributed by atoms with Crippen molar-refractivity contribution in [1.29, 1.82) is 0 Å². The Labute approximate surface area is 564 Å². The molecule has 2 heterocycles. The SMILES string of the molecule is c1ccc(-c2cccc(-c3ccccc3)c2N2c3ccccc3B3c4ccccc4N(c4cc(C(c5ccccc5)(c5ccccc5)c5ccccc5)cc([Si](c5ccccc5)(c5ccccc5)c5ccccc5)c4)c4cc(N(c5ccccc5)c5ccccc5)cc2c43)cc1. The molecule has 0 amide bonds. The molecular weight excluding hydrogens is 1170 g/mol. The molecular formula is C91H66BN3Si. The second kappa shape index (κ2) is 24.8. The molecule has 0 bridgehead atoms. The summed E-state index contributed by atoms with van der Waals surface area (Å²) in [4.78, 5) is 7.74. The van der Waals surface area contributed by atoms with Crippen LogP contribution in [0, 0.1) is 0 Å². The lowest BCUT2D eigenvalue weighted by atomic mass is 9.33. The van der Waals surface area contributed by atoms with Gasteiger partial charge in [-0.2, -0.15) is 0 Å². The van der Waals surface area contributed by atoms with Crippen molar-refractivity contribution in [3.8, 4) is 22.3 Å². The maximum absolute atomic E-state index is 3.35. The fourth-order valence-corrected chi connectivity index (χ4v) is 20.7. The fourth-order valence-electron chi connectivity index (χ4n) is 15.9. The maximum atomic E-state index is 2.66. The summed E-state index contributed by atoms with van der Waals surface area (Å²) >= 11 is 0. The summed E-state index contributed by atoms with van der Waals surface area (Å²) in [6.07, 6.45) is 0. The molecule has 15 aromatic carbocycles. The number of anilines is 9. The molecule has 0 saturated heterocycles. The highest BCUT2D eigenvalue weighted by atomic mass is 28.3. The first-order valence-corrected chi connectivity index (χ1v) is 35.3. The van der Waals surface area contributed by atoms with E-state index in [0.717, 1.165) is 79.0 Å². The lowest BCUT2D eigenvalue weighted by Crippen LogP contribution is -2.74. The molecule has 2 aliphatic rings. The molecule has 0 aromatic heterocycles. The molecule has 0 unspecified atom stereocenters. The van der Waals surface area contributed by atoms with Gasteiger partial charge < -0.3 is 14.7 Å². The minimum atomic E-state index is -3.35. The van der Waals surface area contributed by atoms with Gasteiger partial charge in [0.2, 0.25) is 0 Å². The van der Waals surface area contributed by atoms with Crippen LogP contribution >= 0.6 is 0 Å². The third kappa shape index (κ3) is 9.65. The Kier molecular flexibility index (Phi) is 14.9. The van der Waals surface area contributed by atoms with Crippen molar-refractivity contribution in [3.05, 3.63) is 423 Å². The van der Waals surface area contributed by atoms with Crippen molar-refractivity contribution in [2.45, 2.75) is 5.41 Å². The average molecular weight is 1240 g/mol. The molecule has 0 fully saturated rings. The van der Waals surface area contributed by atoms with Crippen LogP contribution < -0.4 is 51.8 Å². The molecule has 452 valence electrons. The third-order valence-electron chi connectivity index (χ3n) is 19.9. The van der Waals surface area contributed by atoms with Gasteiger partial charge in [0.25, 0.3) is 6.71 Å². The van der Waals surface area contributed by atoms with Gasteiger partial charge >= 0.3 is 0 Å². The van der Waals surface area contributed by atoms with E-state index in [9.17, 15) is 0 Å². The van der Waals surface area contributed by atoms with Crippen LogP contribution in [0.25, 0.3) is 22.3 Å². The van der Waals surface area contributed by atoms with E-state index in [-0.39, 0.29) is 6.71 Å². The Morgan fingerprint density at radius 2 is 0.615 bits per heavy atom. The van der Waals surface area contributed by atoms with Crippen molar-refractivity contribution >= 4 is 103 Å². The largest absolute Gasteiger partial charge is 0.311 e. The van der Waals surface area contributed by atoms with E-state index in [2.05, 4.69) is 415 Å². The third-order valence-corrected chi connectivity index (χ3v) is 24.6. The van der Waals surface area contributed by atoms with Crippen LogP contribution in [0.5, 0.6) is 0 Å². The summed E-state index contributed by atoms with van der Waals surface area (Å²) in [5, 5.41) is 5.16. The van der Waals surface area contributed by atoms with E-state index in [1.54, 1.807) is 0 Å². The van der Waals surface area contributed by atoms with E-state index in [1.165, 1.54) is 53.8 Å². The molecule has 5 heteroatoms. The van der Waals surface area contributed by atoms with Gasteiger partial charge in [0.15, 0.2) is 8.07 Å². The number of hydrogen-bond acceptors (Lipinski definition) is 3. The Balaban J connectivity index is 1.06. The van der Waals surface area contributed by atoms with Crippen molar-refractivity contribution < 1.29 is 0 Å². The van der Waals surface area contributed by atoms with Crippen molar-refractivity contribution in [2.75, 3.05) is 14.7 Å². The van der Waals surface area contributed by atoms with E-state index in [0.29, 0.717) is 0 Å². The van der Waals surface area contributed by atoms with Gasteiger partial charge in [0.05, 0.1) is 16.8 Å². The lowest BCUT2D eigenvalue weighted by molar-refractivity contribution is 0.746. The number of fused-ring (bicyclic) bond motifs is 4. The van der Waals surface area contributed by atoms with Gasteiger partial charge in [-0.3, -0.25) is 0 Å². The van der Waals surface area contributed by atoms with E-state index in [1.807, 2.05) is 0 Å². The Bertz CT molecular complexity index is 4790. The topological polar surface area (TPSA) is 9.72 Å². The Morgan fingerprint density at radius 1 is 0.260 bits per heavy atom. The predicted octanol–water partition coefficient (Wildman–Crippen LogP) is 18.3. The maximum Gasteiger partial charge on any atom is 0.252 e. The average Bonchev–Trinajstić information content (AvgIpc) is 0.697. The summed E-state index contributed by atoms with van der Waals surface area (Å²) in [5.41, 5.74) is 21.9. The Morgan fingerprint density at radius 3 is 1.04 bits per heavy atom. The minimum Gasteiger partial charge on any atom is -0.311 e. The molecule has 17 rings (SSSR count). The zero-order valence-corrected chi connectivity index (χ0v) is 54.0. The summed E-state index contributed by atoms with van der Waals surface area (Å²) in [7, 11) is -3.35. The van der Waals surface area contributed by atoms with E-state index >= 15 is 0 Å². The van der Waals surface area contributed by atoms with Crippen LogP contribution in [0.2, 0.25) is 0 Å². The van der Waals surface area contributed by atoms with Crippen molar-refractivity contribution in [1.82, 2.24) is 0 Å². The second-order valence-corrected chi connectivity index (χ2v) is 28.8. The molecule has 0 atom stereocenters.